The van der Waals surface area contributed by atoms with Gasteiger partial charge in [0.15, 0.2) is 0 Å². The van der Waals surface area contributed by atoms with Crippen LogP contribution in [-0.4, -0.2) is 40.8 Å². The lowest BCUT2D eigenvalue weighted by Crippen LogP contribution is -2.51. The number of amides is 1. The molecule has 2 aromatic rings. The van der Waals surface area contributed by atoms with Crippen LogP contribution < -0.4 is 16.7 Å². The summed E-state index contributed by atoms with van der Waals surface area (Å²) >= 11 is 1.31. The molecule has 0 atom stereocenters. The van der Waals surface area contributed by atoms with E-state index in [1.807, 2.05) is 6.92 Å². The smallest absolute Gasteiger partial charge is 0.428 e. The first-order chi connectivity index (χ1) is 15.6. The zero-order chi connectivity index (χ0) is 24.0. The highest BCUT2D eigenvalue weighted by atomic mass is 32.1. The Labute approximate surface area is 196 Å². The largest absolute Gasteiger partial charge is 0.443 e. The summed E-state index contributed by atoms with van der Waals surface area (Å²) in [5.41, 5.74) is 2.29. The van der Waals surface area contributed by atoms with E-state index >= 15 is 0 Å². The zero-order valence-electron chi connectivity index (χ0n) is 19.9. The predicted molar refractivity (Wildman–Crippen MR) is 128 cm³/mol. The fraction of sp³-hybridized carbons (Fsp3) is 0.652. The Morgan fingerprint density at radius 3 is 2.58 bits per heavy atom. The molecule has 2 heterocycles. The SMILES string of the molecule is COCCn1c(=O)n(C2CC3(CCC3)C2)c(=O)c2c(C)c(C=NNC(=O)OC(C)(C)C)sc21. The van der Waals surface area contributed by atoms with Gasteiger partial charge in [-0.05, 0) is 64.4 Å². The topological polar surface area (TPSA) is 104 Å². The molecule has 9 nitrogen and oxygen atoms in total. The van der Waals surface area contributed by atoms with Crippen molar-refractivity contribution in [3.8, 4) is 0 Å². The summed E-state index contributed by atoms with van der Waals surface area (Å²) in [5.74, 6) is 0. The van der Waals surface area contributed by atoms with Gasteiger partial charge in [-0.2, -0.15) is 5.10 Å². The minimum atomic E-state index is -0.660. The predicted octanol–water partition coefficient (Wildman–Crippen LogP) is 3.54. The Kier molecular flexibility index (Phi) is 6.26. The van der Waals surface area contributed by atoms with E-state index in [0.29, 0.717) is 33.7 Å². The van der Waals surface area contributed by atoms with Crippen molar-refractivity contribution in [3.05, 3.63) is 31.3 Å². The van der Waals surface area contributed by atoms with Gasteiger partial charge < -0.3 is 9.47 Å². The molecule has 0 aliphatic heterocycles. The molecule has 2 saturated carbocycles. The summed E-state index contributed by atoms with van der Waals surface area (Å²) in [6.45, 7) is 7.88. The maximum absolute atomic E-state index is 13.5. The molecule has 180 valence electrons. The molecule has 2 aliphatic carbocycles. The van der Waals surface area contributed by atoms with Crippen LogP contribution in [0.2, 0.25) is 0 Å². The summed E-state index contributed by atoms with van der Waals surface area (Å²) in [6, 6.07) is -0.0475. The molecule has 4 rings (SSSR count). The van der Waals surface area contributed by atoms with E-state index in [1.165, 1.54) is 41.4 Å². The Hall–Kier alpha value is -2.46. The van der Waals surface area contributed by atoms with Gasteiger partial charge >= 0.3 is 11.8 Å². The average Bonchev–Trinajstić information content (AvgIpc) is 2.97. The second-order valence-electron chi connectivity index (χ2n) is 10.2. The van der Waals surface area contributed by atoms with Crippen molar-refractivity contribution < 1.29 is 14.3 Å². The van der Waals surface area contributed by atoms with Crippen molar-refractivity contribution in [2.45, 2.75) is 78.0 Å². The van der Waals surface area contributed by atoms with Gasteiger partial charge in [-0.1, -0.05) is 6.42 Å². The number of aryl methyl sites for hydroxylation is 1. The third-order valence-corrected chi connectivity index (χ3v) is 7.90. The van der Waals surface area contributed by atoms with E-state index in [0.717, 1.165) is 18.4 Å². The minimum absolute atomic E-state index is 0.0475. The molecular weight excluding hydrogens is 444 g/mol. The monoisotopic (exact) mass is 476 g/mol. The first-order valence-corrected chi connectivity index (χ1v) is 12.2. The second-order valence-corrected chi connectivity index (χ2v) is 11.2. The number of thiophene rings is 1. The summed E-state index contributed by atoms with van der Waals surface area (Å²) < 4.78 is 13.5. The molecule has 0 unspecified atom stereocenters. The highest BCUT2D eigenvalue weighted by Gasteiger charge is 2.49. The molecule has 0 bridgehead atoms. The Bertz CT molecular complexity index is 1200. The normalized spacial score (nSPS) is 18.0. The molecule has 2 aliphatic rings. The number of hydrazone groups is 1. The molecular formula is C23H32N4O5S. The molecule has 1 N–H and O–H groups in total. The summed E-state index contributed by atoms with van der Waals surface area (Å²) in [6.07, 6.45) is 6.26. The number of hydrogen-bond acceptors (Lipinski definition) is 7. The fourth-order valence-electron chi connectivity index (χ4n) is 4.86. The number of carbonyl (C=O) groups is 1. The van der Waals surface area contributed by atoms with Crippen LogP contribution in [0.25, 0.3) is 10.2 Å². The lowest BCUT2D eigenvalue weighted by molar-refractivity contribution is -0.0205. The Balaban J connectivity index is 1.70. The van der Waals surface area contributed by atoms with Gasteiger partial charge in [-0.25, -0.2) is 15.0 Å². The van der Waals surface area contributed by atoms with Crippen molar-refractivity contribution in [1.82, 2.24) is 14.6 Å². The minimum Gasteiger partial charge on any atom is -0.443 e. The first kappa shape index (κ1) is 23.7. The van der Waals surface area contributed by atoms with Crippen molar-refractivity contribution in [1.29, 1.82) is 0 Å². The van der Waals surface area contributed by atoms with E-state index in [-0.39, 0.29) is 17.3 Å². The number of carbonyl (C=O) groups excluding carboxylic acids is 1. The van der Waals surface area contributed by atoms with Crippen LogP contribution in [0.5, 0.6) is 0 Å². The van der Waals surface area contributed by atoms with Gasteiger partial charge in [0.05, 0.1) is 29.6 Å². The lowest BCUT2D eigenvalue weighted by atomic mass is 9.54. The third kappa shape index (κ3) is 4.50. The molecule has 33 heavy (non-hydrogen) atoms. The molecule has 0 saturated heterocycles. The molecule has 0 radical (unpaired) electrons. The average molecular weight is 477 g/mol. The summed E-state index contributed by atoms with van der Waals surface area (Å²) in [5, 5.41) is 4.52. The van der Waals surface area contributed by atoms with Gasteiger partial charge in [-0.3, -0.25) is 13.9 Å². The zero-order valence-corrected chi connectivity index (χ0v) is 20.7. The van der Waals surface area contributed by atoms with Gasteiger partial charge in [0, 0.05) is 13.2 Å². The Morgan fingerprint density at radius 1 is 1.30 bits per heavy atom. The van der Waals surface area contributed by atoms with E-state index < -0.39 is 11.7 Å². The van der Waals surface area contributed by atoms with Crippen molar-refractivity contribution in [2.75, 3.05) is 13.7 Å². The number of hydrogen-bond donors (Lipinski definition) is 1. The van der Waals surface area contributed by atoms with Crippen LogP contribution in [-0.2, 0) is 16.0 Å². The third-order valence-electron chi connectivity index (χ3n) is 6.65. The van der Waals surface area contributed by atoms with Crippen molar-refractivity contribution in [2.24, 2.45) is 10.5 Å². The van der Waals surface area contributed by atoms with Crippen LogP contribution in [0.1, 0.15) is 69.4 Å². The van der Waals surface area contributed by atoms with Crippen LogP contribution in [0.15, 0.2) is 14.7 Å². The van der Waals surface area contributed by atoms with Crippen LogP contribution in [0.4, 0.5) is 4.79 Å². The number of aromatic nitrogens is 2. The maximum Gasteiger partial charge on any atom is 0.428 e. The van der Waals surface area contributed by atoms with E-state index in [4.69, 9.17) is 9.47 Å². The summed E-state index contributed by atoms with van der Waals surface area (Å²) in [4.78, 5) is 40.0. The van der Waals surface area contributed by atoms with Gasteiger partial charge in [-0.15, -0.1) is 11.3 Å². The quantitative estimate of drug-likeness (QED) is 0.507. The van der Waals surface area contributed by atoms with Crippen LogP contribution in [0.3, 0.4) is 0 Å². The maximum atomic E-state index is 13.5. The van der Waals surface area contributed by atoms with E-state index in [9.17, 15) is 14.4 Å². The summed E-state index contributed by atoms with van der Waals surface area (Å²) in [7, 11) is 1.59. The molecule has 2 fully saturated rings. The molecule has 2 aromatic heterocycles. The van der Waals surface area contributed by atoms with Crippen LogP contribution in [0, 0.1) is 12.3 Å². The van der Waals surface area contributed by atoms with Crippen LogP contribution >= 0.6 is 11.3 Å². The molecule has 10 heteroatoms. The van der Waals surface area contributed by atoms with E-state index in [1.54, 1.807) is 32.4 Å². The number of methoxy groups -OCH3 is 1. The van der Waals surface area contributed by atoms with Crippen molar-refractivity contribution in [3.63, 3.8) is 0 Å². The number of ether oxygens (including phenoxy) is 2. The van der Waals surface area contributed by atoms with Gasteiger partial charge in [0.25, 0.3) is 5.56 Å². The van der Waals surface area contributed by atoms with Crippen molar-refractivity contribution >= 4 is 33.9 Å². The highest BCUT2D eigenvalue weighted by Crippen LogP contribution is 2.59. The molecule has 1 spiro atoms. The second kappa shape index (κ2) is 8.72. The molecule has 0 aromatic carbocycles. The Morgan fingerprint density at radius 2 is 2.00 bits per heavy atom. The molecule has 1 amide bonds. The lowest BCUT2D eigenvalue weighted by Gasteiger charge is -2.54. The van der Waals surface area contributed by atoms with Gasteiger partial charge in [0.1, 0.15) is 10.4 Å². The number of rotatable bonds is 6. The number of nitrogens with one attached hydrogen (secondary N) is 1. The number of fused-ring (bicyclic) bond motifs is 1. The standard InChI is InChI=1S/C23H32N4O5S/c1-14-16(13-24-25-20(29)32-22(2,3)4)33-19-17(14)18(28)27(21(30)26(19)9-10-31-5)15-11-23(12-15)7-6-8-23/h13,15H,6-12H2,1-5H3,(H,25,29). The first-order valence-electron chi connectivity index (χ1n) is 11.3. The van der Waals surface area contributed by atoms with E-state index in [2.05, 4.69) is 10.5 Å². The highest BCUT2D eigenvalue weighted by molar-refractivity contribution is 7.20. The van der Waals surface area contributed by atoms with Gasteiger partial charge in [0.2, 0.25) is 0 Å². The number of nitrogens with zero attached hydrogens (tertiary/aromatic N) is 3. The fourth-order valence-corrected chi connectivity index (χ4v) is 6.05.